The first kappa shape index (κ1) is 21.8. The molecule has 2 saturated heterocycles. The Labute approximate surface area is 174 Å². The molecule has 0 aromatic heterocycles. The molecule has 2 heterocycles. The smallest absolute Gasteiger partial charge is 0.236 e. The second kappa shape index (κ2) is 10.2. The van der Waals surface area contributed by atoms with Crippen molar-refractivity contribution < 1.29 is 14.6 Å². The number of benzene rings is 1. The highest BCUT2D eigenvalue weighted by atomic mass is 16.5. The van der Waals surface area contributed by atoms with Crippen LogP contribution < -0.4 is 0 Å². The van der Waals surface area contributed by atoms with Crippen LogP contribution in [0.2, 0.25) is 0 Å². The molecule has 29 heavy (non-hydrogen) atoms. The minimum Gasteiger partial charge on any atom is -0.395 e. The molecular formula is C23H33N3O3. The lowest BCUT2D eigenvalue weighted by Crippen LogP contribution is -2.68. The molecule has 3 rings (SSSR count). The van der Waals surface area contributed by atoms with Crippen molar-refractivity contribution in [2.24, 2.45) is 0 Å². The zero-order valence-corrected chi connectivity index (χ0v) is 17.8. The summed E-state index contributed by atoms with van der Waals surface area (Å²) < 4.78 is 4.97. The monoisotopic (exact) mass is 399 g/mol. The highest BCUT2D eigenvalue weighted by molar-refractivity contribution is 5.78. The summed E-state index contributed by atoms with van der Waals surface area (Å²) in [5.74, 6) is 6.49. The van der Waals surface area contributed by atoms with E-state index >= 15 is 0 Å². The Kier molecular flexibility index (Phi) is 7.68. The highest BCUT2D eigenvalue weighted by Gasteiger charge is 2.49. The maximum Gasteiger partial charge on any atom is 0.236 e. The van der Waals surface area contributed by atoms with E-state index in [4.69, 9.17) is 4.74 Å². The van der Waals surface area contributed by atoms with Gasteiger partial charge in [0.25, 0.3) is 0 Å². The van der Waals surface area contributed by atoms with Crippen LogP contribution >= 0.6 is 0 Å². The lowest BCUT2D eigenvalue weighted by atomic mass is 9.74. The van der Waals surface area contributed by atoms with Crippen LogP contribution in [-0.4, -0.2) is 98.4 Å². The Balaban J connectivity index is 1.77. The molecule has 0 saturated carbocycles. The van der Waals surface area contributed by atoms with Gasteiger partial charge in [-0.15, -0.1) is 0 Å². The molecule has 1 aromatic rings. The molecule has 3 atom stereocenters. The van der Waals surface area contributed by atoms with E-state index in [-0.39, 0.29) is 30.5 Å². The standard InChI is InChI=1S/C23H33N3O3/c1-24(2)16-22(28)25-12-4-5-13-26-20(15-25)23(21(26)17-27)19-10-8-18(9-11-19)7-6-14-29-3/h8-11,20-21,23,27H,4-5,12-17H2,1-3H3/t20-,21+,23+/m1/s1. The van der Waals surface area contributed by atoms with E-state index in [1.165, 1.54) is 5.56 Å². The molecule has 158 valence electrons. The number of ether oxygens (including phenoxy) is 1. The molecule has 6 heteroatoms. The number of hydrogen-bond acceptors (Lipinski definition) is 5. The second-order valence-electron chi connectivity index (χ2n) is 8.22. The molecule has 1 aromatic carbocycles. The van der Waals surface area contributed by atoms with Gasteiger partial charge in [0, 0.05) is 43.8 Å². The van der Waals surface area contributed by atoms with Gasteiger partial charge in [-0.3, -0.25) is 9.69 Å². The summed E-state index contributed by atoms with van der Waals surface area (Å²) in [5, 5.41) is 10.0. The predicted octanol–water partition coefficient (Wildman–Crippen LogP) is 0.997. The summed E-state index contributed by atoms with van der Waals surface area (Å²) in [5.41, 5.74) is 2.17. The number of carbonyl (C=O) groups is 1. The first-order valence-corrected chi connectivity index (χ1v) is 10.4. The van der Waals surface area contributed by atoms with E-state index in [9.17, 15) is 9.90 Å². The summed E-state index contributed by atoms with van der Waals surface area (Å²) in [6, 6.07) is 8.68. The molecule has 2 aliphatic rings. The molecule has 2 fully saturated rings. The number of nitrogens with zero attached hydrogens (tertiary/aromatic N) is 3. The number of rotatable bonds is 5. The summed E-state index contributed by atoms with van der Waals surface area (Å²) >= 11 is 0. The van der Waals surface area contributed by atoms with Crippen molar-refractivity contribution in [2.75, 3.05) is 60.6 Å². The average Bonchev–Trinajstić information content (AvgIpc) is 2.67. The SMILES string of the molecule is COCC#Cc1ccc([C@H]2[C@H]3CN(C(=O)CN(C)C)CCCCN3[C@H]2CO)cc1. The van der Waals surface area contributed by atoms with Crippen LogP contribution in [0.3, 0.4) is 0 Å². The molecule has 0 bridgehead atoms. The number of likely N-dealkylation sites (N-methyl/N-ethyl adjacent to an activating group) is 1. The maximum absolute atomic E-state index is 12.7. The van der Waals surface area contributed by atoms with Crippen LogP contribution in [0, 0.1) is 11.8 Å². The third-order valence-corrected chi connectivity index (χ3v) is 5.92. The number of hydrogen-bond donors (Lipinski definition) is 1. The first-order chi connectivity index (χ1) is 14.0. The van der Waals surface area contributed by atoms with Gasteiger partial charge >= 0.3 is 0 Å². The quantitative estimate of drug-likeness (QED) is 0.749. The summed E-state index contributed by atoms with van der Waals surface area (Å²) in [6.07, 6.45) is 2.07. The fourth-order valence-electron chi connectivity index (χ4n) is 4.54. The van der Waals surface area contributed by atoms with Crippen LogP contribution in [0.25, 0.3) is 0 Å². The fraction of sp³-hybridized carbons (Fsp3) is 0.609. The Hall–Kier alpha value is -1.91. The fourth-order valence-corrected chi connectivity index (χ4v) is 4.54. The van der Waals surface area contributed by atoms with Crippen molar-refractivity contribution in [1.29, 1.82) is 0 Å². The van der Waals surface area contributed by atoms with E-state index in [2.05, 4.69) is 28.9 Å². The van der Waals surface area contributed by atoms with Crippen LogP contribution in [0.4, 0.5) is 0 Å². The highest BCUT2D eigenvalue weighted by Crippen LogP contribution is 2.41. The largest absolute Gasteiger partial charge is 0.395 e. The van der Waals surface area contributed by atoms with Crippen LogP contribution in [0.5, 0.6) is 0 Å². The molecule has 6 nitrogen and oxygen atoms in total. The lowest BCUT2D eigenvalue weighted by molar-refractivity contribution is -0.137. The molecule has 0 unspecified atom stereocenters. The van der Waals surface area contributed by atoms with Gasteiger partial charge in [0.15, 0.2) is 0 Å². The summed E-state index contributed by atoms with van der Waals surface area (Å²) in [6.45, 7) is 3.54. The van der Waals surface area contributed by atoms with Gasteiger partial charge in [0.1, 0.15) is 6.61 Å². The Morgan fingerprint density at radius 3 is 2.62 bits per heavy atom. The van der Waals surface area contributed by atoms with Crippen LogP contribution in [0.1, 0.15) is 29.9 Å². The van der Waals surface area contributed by atoms with Gasteiger partial charge in [-0.1, -0.05) is 24.0 Å². The van der Waals surface area contributed by atoms with Gasteiger partial charge < -0.3 is 19.6 Å². The number of aliphatic hydroxyl groups is 1. The zero-order chi connectivity index (χ0) is 20.8. The zero-order valence-electron chi connectivity index (χ0n) is 17.8. The molecule has 1 N–H and O–H groups in total. The van der Waals surface area contributed by atoms with Crippen molar-refractivity contribution in [3.63, 3.8) is 0 Å². The predicted molar refractivity (Wildman–Crippen MR) is 114 cm³/mol. The van der Waals surface area contributed by atoms with E-state index in [1.807, 2.05) is 36.0 Å². The Morgan fingerprint density at radius 2 is 1.97 bits per heavy atom. The molecule has 2 aliphatic heterocycles. The van der Waals surface area contributed by atoms with Gasteiger partial charge in [-0.25, -0.2) is 0 Å². The van der Waals surface area contributed by atoms with Crippen molar-refractivity contribution in [3.05, 3.63) is 35.4 Å². The molecule has 0 radical (unpaired) electrons. The third-order valence-electron chi connectivity index (χ3n) is 5.92. The Bertz CT molecular complexity index is 738. The molecule has 1 amide bonds. The van der Waals surface area contributed by atoms with Crippen molar-refractivity contribution >= 4 is 5.91 Å². The van der Waals surface area contributed by atoms with E-state index in [0.717, 1.165) is 38.0 Å². The minimum atomic E-state index is 0.120. The number of amides is 1. The van der Waals surface area contributed by atoms with Crippen LogP contribution in [-0.2, 0) is 9.53 Å². The number of aliphatic hydroxyl groups excluding tert-OH is 1. The normalized spacial score (nSPS) is 24.7. The minimum absolute atomic E-state index is 0.120. The third kappa shape index (κ3) is 5.18. The summed E-state index contributed by atoms with van der Waals surface area (Å²) in [4.78, 5) is 19.0. The van der Waals surface area contributed by atoms with Gasteiger partial charge in [-0.2, -0.15) is 0 Å². The van der Waals surface area contributed by atoms with E-state index < -0.39 is 0 Å². The topological polar surface area (TPSA) is 56.2 Å². The summed E-state index contributed by atoms with van der Waals surface area (Å²) in [7, 11) is 5.50. The molecule has 0 aliphatic carbocycles. The second-order valence-corrected chi connectivity index (χ2v) is 8.22. The average molecular weight is 400 g/mol. The van der Waals surface area contributed by atoms with Crippen molar-refractivity contribution in [3.8, 4) is 11.8 Å². The van der Waals surface area contributed by atoms with Gasteiger partial charge in [-0.05, 0) is 51.2 Å². The molecular weight excluding hydrogens is 366 g/mol. The van der Waals surface area contributed by atoms with Crippen molar-refractivity contribution in [1.82, 2.24) is 14.7 Å². The number of carbonyl (C=O) groups excluding carboxylic acids is 1. The van der Waals surface area contributed by atoms with Crippen molar-refractivity contribution in [2.45, 2.75) is 30.8 Å². The maximum atomic E-state index is 12.7. The van der Waals surface area contributed by atoms with Gasteiger partial charge in [0.05, 0.1) is 13.2 Å². The van der Waals surface area contributed by atoms with Crippen LogP contribution in [0.15, 0.2) is 24.3 Å². The van der Waals surface area contributed by atoms with Gasteiger partial charge in [0.2, 0.25) is 5.91 Å². The first-order valence-electron chi connectivity index (χ1n) is 10.4. The van der Waals surface area contributed by atoms with E-state index in [0.29, 0.717) is 13.2 Å². The number of methoxy groups -OCH3 is 1. The number of fused-ring (bicyclic) bond motifs is 1. The van der Waals surface area contributed by atoms with E-state index in [1.54, 1.807) is 7.11 Å². The molecule has 0 spiro atoms. The lowest BCUT2D eigenvalue weighted by Gasteiger charge is -2.57. The Morgan fingerprint density at radius 1 is 1.24 bits per heavy atom.